The van der Waals surface area contributed by atoms with Crippen LogP contribution in [0.3, 0.4) is 0 Å². The molecule has 0 aromatic rings. The van der Waals surface area contributed by atoms with Gasteiger partial charge in [0.25, 0.3) is 0 Å². The van der Waals surface area contributed by atoms with E-state index in [0.717, 1.165) is 18.4 Å². The Balaban J connectivity index is 1.83. The van der Waals surface area contributed by atoms with Crippen molar-refractivity contribution in [2.75, 3.05) is 6.61 Å². The number of rotatable bonds is 9. The van der Waals surface area contributed by atoms with Gasteiger partial charge < -0.3 is 10.1 Å². The first-order valence-electron chi connectivity index (χ1n) is 11.7. The molecule has 0 heterocycles. The molecule has 2 aliphatic carbocycles. The predicted octanol–water partition coefficient (Wildman–Crippen LogP) is 6.91. The number of hydrogen-bond donors (Lipinski definition) is 1. The van der Waals surface area contributed by atoms with Crippen LogP contribution in [-0.4, -0.2) is 23.3 Å². The molecule has 0 aromatic heterocycles. The van der Waals surface area contributed by atoms with Crippen molar-refractivity contribution in [3.05, 3.63) is 24.3 Å². The zero-order chi connectivity index (χ0) is 21.0. The van der Waals surface area contributed by atoms with Gasteiger partial charge in [0.05, 0.1) is 5.60 Å². The average molecular weight is 390 g/mol. The average Bonchev–Trinajstić information content (AvgIpc) is 2.91. The van der Waals surface area contributed by atoms with Crippen molar-refractivity contribution in [1.82, 2.24) is 5.32 Å². The van der Waals surface area contributed by atoms with Crippen molar-refractivity contribution >= 4 is 0 Å². The highest BCUT2D eigenvalue weighted by atomic mass is 16.5. The smallest absolute Gasteiger partial charge is 0.0598 e. The molecule has 2 aliphatic rings. The van der Waals surface area contributed by atoms with E-state index in [4.69, 9.17) is 4.74 Å². The lowest BCUT2D eigenvalue weighted by Gasteiger charge is -2.42. The molecular weight excluding hydrogens is 342 g/mol. The minimum Gasteiger partial charge on any atom is -0.376 e. The Kier molecular flexibility index (Phi) is 8.01. The maximum Gasteiger partial charge on any atom is 0.0598 e. The van der Waals surface area contributed by atoms with Crippen molar-refractivity contribution in [3.63, 3.8) is 0 Å². The van der Waals surface area contributed by atoms with E-state index in [9.17, 15) is 0 Å². The molecule has 28 heavy (non-hydrogen) atoms. The fraction of sp³-hybridized carbons (Fsp3) is 0.846. The van der Waals surface area contributed by atoms with Crippen molar-refractivity contribution in [3.8, 4) is 0 Å². The highest BCUT2D eigenvalue weighted by Crippen LogP contribution is 2.50. The van der Waals surface area contributed by atoms with Crippen LogP contribution >= 0.6 is 0 Å². The summed E-state index contributed by atoms with van der Waals surface area (Å²) in [5.74, 6) is 2.98. The van der Waals surface area contributed by atoms with Gasteiger partial charge in [0, 0.05) is 17.7 Å². The van der Waals surface area contributed by atoms with Gasteiger partial charge in [-0.05, 0) is 98.3 Å². The second kappa shape index (κ2) is 9.47. The van der Waals surface area contributed by atoms with Crippen LogP contribution in [0.2, 0.25) is 0 Å². The zero-order valence-corrected chi connectivity index (χ0v) is 20.0. The molecule has 0 radical (unpaired) electrons. The van der Waals surface area contributed by atoms with Crippen LogP contribution in [0.25, 0.3) is 0 Å². The van der Waals surface area contributed by atoms with Gasteiger partial charge >= 0.3 is 0 Å². The molecule has 2 heteroatoms. The largest absolute Gasteiger partial charge is 0.376 e. The molecule has 4 unspecified atom stereocenters. The van der Waals surface area contributed by atoms with Gasteiger partial charge in [0.1, 0.15) is 0 Å². The molecule has 4 atom stereocenters. The molecular formula is C26H47NO. The number of nitrogens with one attached hydrogen (secondary N) is 1. The topological polar surface area (TPSA) is 21.3 Å². The first kappa shape index (κ1) is 23.7. The van der Waals surface area contributed by atoms with E-state index in [1.165, 1.54) is 38.5 Å². The molecule has 162 valence electrons. The number of hydrogen-bond acceptors (Lipinski definition) is 2. The highest BCUT2D eigenvalue weighted by Gasteiger charge is 2.47. The molecule has 1 N–H and O–H groups in total. The summed E-state index contributed by atoms with van der Waals surface area (Å²) in [5.41, 5.74) is 0.318. The minimum absolute atomic E-state index is 0.00258. The van der Waals surface area contributed by atoms with Gasteiger partial charge in [0.15, 0.2) is 0 Å². The van der Waals surface area contributed by atoms with Crippen molar-refractivity contribution in [2.45, 2.75) is 111 Å². The Hall–Kier alpha value is -0.600. The maximum atomic E-state index is 5.85. The zero-order valence-electron chi connectivity index (χ0n) is 20.0. The Morgan fingerprint density at radius 1 is 0.821 bits per heavy atom. The lowest BCUT2D eigenvalue weighted by Crippen LogP contribution is -2.55. The van der Waals surface area contributed by atoms with Crippen LogP contribution in [0.1, 0.15) is 93.9 Å². The summed E-state index contributed by atoms with van der Waals surface area (Å²) >= 11 is 0. The third-order valence-electron chi connectivity index (χ3n) is 6.42. The summed E-state index contributed by atoms with van der Waals surface area (Å²) in [6.07, 6.45) is 17.5. The summed E-state index contributed by atoms with van der Waals surface area (Å²) in [6, 6.07) is 0. The van der Waals surface area contributed by atoms with Crippen LogP contribution in [0.4, 0.5) is 0 Å². The first-order valence-corrected chi connectivity index (χ1v) is 11.7. The quantitative estimate of drug-likeness (QED) is 0.432. The van der Waals surface area contributed by atoms with Crippen LogP contribution in [-0.2, 0) is 4.74 Å². The molecule has 0 aromatic carbocycles. The lowest BCUT2D eigenvalue weighted by atomic mass is 9.75. The summed E-state index contributed by atoms with van der Waals surface area (Å²) in [4.78, 5) is 0. The van der Waals surface area contributed by atoms with E-state index in [1.54, 1.807) is 0 Å². The summed E-state index contributed by atoms with van der Waals surface area (Å²) in [6.45, 7) is 19.0. The molecule has 0 saturated heterocycles. The second-order valence-electron chi connectivity index (χ2n) is 11.8. The second-order valence-corrected chi connectivity index (χ2v) is 11.8. The fourth-order valence-electron chi connectivity index (χ4n) is 5.54. The normalized spacial score (nSPS) is 28.0. The van der Waals surface area contributed by atoms with Crippen LogP contribution in [0, 0.1) is 23.7 Å². The van der Waals surface area contributed by atoms with Gasteiger partial charge in [-0.15, -0.1) is 0 Å². The van der Waals surface area contributed by atoms with Crippen LogP contribution in [0.5, 0.6) is 0 Å². The van der Waals surface area contributed by atoms with E-state index < -0.39 is 0 Å². The van der Waals surface area contributed by atoms with Crippen molar-refractivity contribution in [2.24, 2.45) is 23.7 Å². The number of unbranched alkanes of at least 4 members (excludes halogenated alkanes) is 3. The molecule has 0 amide bonds. The van der Waals surface area contributed by atoms with Crippen molar-refractivity contribution in [1.29, 1.82) is 0 Å². The van der Waals surface area contributed by atoms with Crippen molar-refractivity contribution < 1.29 is 4.74 Å². The summed E-state index contributed by atoms with van der Waals surface area (Å²) < 4.78 is 5.85. The molecule has 1 saturated carbocycles. The number of ether oxygens (including phenoxy) is 1. The molecule has 0 bridgehead atoms. The molecule has 2 rings (SSSR count). The third kappa shape index (κ3) is 7.34. The summed E-state index contributed by atoms with van der Waals surface area (Å²) in [7, 11) is 0. The minimum atomic E-state index is 0.00258. The monoisotopic (exact) mass is 389 g/mol. The Morgan fingerprint density at radius 3 is 2.04 bits per heavy atom. The lowest BCUT2D eigenvalue weighted by molar-refractivity contribution is -0.00477. The molecule has 0 spiro atoms. The Bertz CT molecular complexity index is 532. The first-order chi connectivity index (χ1) is 12.9. The predicted molar refractivity (Wildman–Crippen MR) is 123 cm³/mol. The number of allylic oxidation sites excluding steroid dienone is 4. The number of fused-ring (bicyclic) bond motifs is 1. The van der Waals surface area contributed by atoms with E-state index in [0.29, 0.717) is 11.8 Å². The third-order valence-corrected chi connectivity index (χ3v) is 6.42. The molecule has 2 nitrogen and oxygen atoms in total. The van der Waals surface area contributed by atoms with Crippen LogP contribution in [0.15, 0.2) is 24.3 Å². The molecule has 1 fully saturated rings. The van der Waals surface area contributed by atoms with E-state index in [1.807, 2.05) is 0 Å². The fourth-order valence-corrected chi connectivity index (χ4v) is 5.54. The summed E-state index contributed by atoms with van der Waals surface area (Å²) in [5, 5.41) is 3.92. The van der Waals surface area contributed by atoms with Gasteiger partial charge in [-0.3, -0.25) is 0 Å². The van der Waals surface area contributed by atoms with Crippen LogP contribution < -0.4 is 5.32 Å². The van der Waals surface area contributed by atoms with Gasteiger partial charge in [-0.1, -0.05) is 43.6 Å². The highest BCUT2D eigenvalue weighted by molar-refractivity contribution is 5.21. The standard InChI is InChI=1S/C26H47NO/c1-24(2,3)27-26(7,8)23-19-20(21-16-12-13-17-22(21)23)15-11-9-10-14-18-28-25(4,5)6/h12-13,16-17,20-23,27H,9-11,14-15,18-19H2,1-8H3. The van der Waals surface area contributed by atoms with E-state index in [2.05, 4.69) is 85.0 Å². The van der Waals surface area contributed by atoms with Gasteiger partial charge in [-0.2, -0.15) is 0 Å². The maximum absolute atomic E-state index is 5.85. The SMILES string of the molecule is CC(C)(C)NC(C)(C)C1CC(CCCCCCOC(C)(C)C)C2C=CC=CC21. The van der Waals surface area contributed by atoms with E-state index >= 15 is 0 Å². The Morgan fingerprint density at radius 2 is 1.43 bits per heavy atom. The van der Waals surface area contributed by atoms with Gasteiger partial charge in [0.2, 0.25) is 0 Å². The van der Waals surface area contributed by atoms with Gasteiger partial charge in [-0.25, -0.2) is 0 Å². The Labute approximate surface area is 175 Å². The molecule has 0 aliphatic heterocycles. The van der Waals surface area contributed by atoms with E-state index in [-0.39, 0.29) is 16.7 Å².